The molecule has 3 aliphatic rings. The summed E-state index contributed by atoms with van der Waals surface area (Å²) < 4.78 is 52.4. The van der Waals surface area contributed by atoms with Crippen molar-refractivity contribution in [1.82, 2.24) is 15.2 Å². The number of hydrogen-bond donors (Lipinski definition) is 1. The van der Waals surface area contributed by atoms with E-state index < -0.39 is 45.4 Å². The monoisotopic (exact) mass is 509 g/mol. The molecule has 2 amide bonds. The molecule has 2 saturated carbocycles. The lowest BCUT2D eigenvalue weighted by Crippen LogP contribution is -2.49. The first-order chi connectivity index (χ1) is 16.0. The van der Waals surface area contributed by atoms with E-state index in [1.807, 2.05) is 0 Å². The highest BCUT2D eigenvalue weighted by Crippen LogP contribution is 2.50. The van der Waals surface area contributed by atoms with Gasteiger partial charge in [-0.15, -0.1) is 0 Å². The molecule has 2 aliphatic carbocycles. The van der Waals surface area contributed by atoms with E-state index in [1.165, 1.54) is 17.2 Å². The number of aromatic nitrogens is 1. The first-order valence-electron chi connectivity index (χ1n) is 11.0. The quantitative estimate of drug-likeness (QED) is 0.603. The second kappa shape index (κ2) is 8.27. The van der Waals surface area contributed by atoms with Crippen LogP contribution >= 0.6 is 11.6 Å². The number of sulfone groups is 1. The zero-order valence-electron chi connectivity index (χ0n) is 18.2. The Labute approximate surface area is 200 Å². The van der Waals surface area contributed by atoms with E-state index in [9.17, 15) is 26.8 Å². The smallest absolute Gasteiger partial charge is 0.256 e. The number of benzene rings is 1. The van der Waals surface area contributed by atoms with Crippen molar-refractivity contribution in [2.75, 3.05) is 12.8 Å². The fourth-order valence-corrected chi connectivity index (χ4v) is 5.55. The Balaban J connectivity index is 1.40. The van der Waals surface area contributed by atoms with Crippen molar-refractivity contribution >= 4 is 33.3 Å². The molecule has 180 valence electrons. The lowest BCUT2D eigenvalue weighted by atomic mass is 10.00. The maximum Gasteiger partial charge on any atom is 0.256 e. The fourth-order valence-electron chi connectivity index (χ4n) is 4.81. The number of halogens is 3. The van der Waals surface area contributed by atoms with E-state index in [4.69, 9.17) is 11.6 Å². The summed E-state index contributed by atoms with van der Waals surface area (Å²) in [6, 6.07) is 1.66. The Bertz CT molecular complexity index is 1300. The Kier molecular flexibility index (Phi) is 5.63. The Morgan fingerprint density at radius 3 is 2.59 bits per heavy atom. The summed E-state index contributed by atoms with van der Waals surface area (Å²) in [5, 5.41) is 2.53. The molecule has 2 heterocycles. The normalized spacial score (nSPS) is 24.5. The molecule has 2 aromatic rings. The lowest BCUT2D eigenvalue weighted by molar-refractivity contribution is -0.126. The van der Waals surface area contributed by atoms with Gasteiger partial charge < -0.3 is 10.2 Å². The molecule has 34 heavy (non-hydrogen) atoms. The SMILES string of the molecule is CS(=O)(=O)c1cncc(C(=O)N2C[C@H]3C[C@H]3C2C(=O)N[C@@H](c2cc(F)c(Cl)cc2F)C2CC2)c1. The highest BCUT2D eigenvalue weighted by atomic mass is 35.5. The van der Waals surface area contributed by atoms with Gasteiger partial charge in [0.1, 0.15) is 17.7 Å². The molecule has 11 heteroatoms. The van der Waals surface area contributed by atoms with Gasteiger partial charge in [-0.05, 0) is 55.2 Å². The van der Waals surface area contributed by atoms with Gasteiger partial charge in [-0.25, -0.2) is 17.2 Å². The van der Waals surface area contributed by atoms with Crippen LogP contribution in [0.1, 0.15) is 41.2 Å². The van der Waals surface area contributed by atoms with Gasteiger partial charge in [-0.1, -0.05) is 11.6 Å². The van der Waals surface area contributed by atoms with E-state index in [2.05, 4.69) is 10.3 Å². The van der Waals surface area contributed by atoms with Crippen molar-refractivity contribution in [3.05, 3.63) is 58.4 Å². The van der Waals surface area contributed by atoms with Crippen LogP contribution in [0.2, 0.25) is 5.02 Å². The molecule has 0 radical (unpaired) electrons. The number of hydrogen-bond acceptors (Lipinski definition) is 5. The molecular weight excluding hydrogens is 488 g/mol. The molecule has 1 saturated heterocycles. The molecule has 0 bridgehead atoms. The number of nitrogens with one attached hydrogen (secondary N) is 1. The number of carbonyl (C=O) groups excluding carboxylic acids is 2. The summed E-state index contributed by atoms with van der Waals surface area (Å²) in [6.45, 7) is 0.364. The molecule has 1 aliphatic heterocycles. The summed E-state index contributed by atoms with van der Waals surface area (Å²) >= 11 is 5.68. The maximum atomic E-state index is 14.6. The van der Waals surface area contributed by atoms with Crippen molar-refractivity contribution in [3.8, 4) is 0 Å². The Morgan fingerprint density at radius 1 is 1.18 bits per heavy atom. The predicted octanol–water partition coefficient (Wildman–Crippen LogP) is 3.14. The minimum atomic E-state index is -3.56. The van der Waals surface area contributed by atoms with Crippen LogP contribution in [-0.4, -0.2) is 49.0 Å². The summed E-state index contributed by atoms with van der Waals surface area (Å²) in [5.74, 6) is -2.27. The average molecular weight is 510 g/mol. The van der Waals surface area contributed by atoms with E-state index in [0.717, 1.165) is 43.8 Å². The summed E-state index contributed by atoms with van der Waals surface area (Å²) in [5.41, 5.74) is 0.109. The predicted molar refractivity (Wildman–Crippen MR) is 119 cm³/mol. The molecule has 7 nitrogen and oxygen atoms in total. The third-order valence-electron chi connectivity index (χ3n) is 6.83. The first kappa shape index (κ1) is 23.2. The summed E-state index contributed by atoms with van der Waals surface area (Å²) in [7, 11) is -3.56. The van der Waals surface area contributed by atoms with Crippen LogP contribution in [0.15, 0.2) is 35.5 Å². The van der Waals surface area contributed by atoms with Crippen LogP contribution in [0.25, 0.3) is 0 Å². The topological polar surface area (TPSA) is 96.4 Å². The number of pyridine rings is 1. The Morgan fingerprint density at radius 2 is 1.91 bits per heavy atom. The van der Waals surface area contributed by atoms with E-state index in [0.29, 0.717) is 6.54 Å². The maximum absolute atomic E-state index is 14.6. The van der Waals surface area contributed by atoms with Crippen molar-refractivity contribution < 1.29 is 26.8 Å². The van der Waals surface area contributed by atoms with Gasteiger partial charge in [-0.3, -0.25) is 14.6 Å². The second-order valence-electron chi connectivity index (χ2n) is 9.35. The molecule has 4 atom stereocenters. The Hall–Kier alpha value is -2.59. The zero-order valence-corrected chi connectivity index (χ0v) is 19.7. The van der Waals surface area contributed by atoms with Crippen LogP contribution in [0.3, 0.4) is 0 Å². The summed E-state index contributed by atoms with van der Waals surface area (Å²) in [4.78, 5) is 31.8. The molecule has 3 fully saturated rings. The van der Waals surface area contributed by atoms with Crippen LogP contribution in [-0.2, 0) is 14.6 Å². The van der Waals surface area contributed by atoms with Gasteiger partial charge in [-0.2, -0.15) is 0 Å². The highest BCUT2D eigenvalue weighted by Gasteiger charge is 2.57. The third kappa shape index (κ3) is 4.29. The van der Waals surface area contributed by atoms with E-state index in [1.54, 1.807) is 0 Å². The van der Waals surface area contributed by atoms with Crippen molar-refractivity contribution in [3.63, 3.8) is 0 Å². The highest BCUT2D eigenvalue weighted by molar-refractivity contribution is 7.90. The van der Waals surface area contributed by atoms with Gasteiger partial charge >= 0.3 is 0 Å². The molecular formula is C23H22ClF2N3O4S. The van der Waals surface area contributed by atoms with Gasteiger partial charge in [0.25, 0.3) is 5.91 Å². The third-order valence-corrected chi connectivity index (χ3v) is 8.20. The number of piperidine rings is 1. The molecule has 0 spiro atoms. The average Bonchev–Trinajstić information content (AvgIpc) is 3.71. The van der Waals surface area contributed by atoms with Gasteiger partial charge in [0.05, 0.1) is 21.5 Å². The number of nitrogens with zero attached hydrogens (tertiary/aromatic N) is 2. The number of amides is 2. The molecule has 1 aromatic carbocycles. The van der Waals surface area contributed by atoms with Crippen LogP contribution in [0.4, 0.5) is 8.78 Å². The number of carbonyl (C=O) groups is 2. The molecule has 1 unspecified atom stereocenters. The largest absolute Gasteiger partial charge is 0.347 e. The molecule has 1 N–H and O–H groups in total. The van der Waals surface area contributed by atoms with E-state index >= 15 is 0 Å². The molecule has 5 rings (SSSR count). The van der Waals surface area contributed by atoms with Gasteiger partial charge in [0.2, 0.25) is 5.91 Å². The fraction of sp³-hybridized carbons (Fsp3) is 0.435. The van der Waals surface area contributed by atoms with Crippen molar-refractivity contribution in [2.45, 2.75) is 36.2 Å². The number of fused-ring (bicyclic) bond motifs is 1. The molecule has 1 aromatic heterocycles. The van der Waals surface area contributed by atoms with Crippen LogP contribution in [0.5, 0.6) is 0 Å². The van der Waals surface area contributed by atoms with Crippen LogP contribution < -0.4 is 5.32 Å². The lowest BCUT2D eigenvalue weighted by Gasteiger charge is -2.29. The van der Waals surface area contributed by atoms with E-state index in [-0.39, 0.29) is 38.8 Å². The van der Waals surface area contributed by atoms with Crippen molar-refractivity contribution in [1.29, 1.82) is 0 Å². The van der Waals surface area contributed by atoms with Gasteiger partial charge in [0, 0.05) is 30.8 Å². The van der Waals surface area contributed by atoms with Crippen LogP contribution in [0, 0.1) is 29.4 Å². The second-order valence-corrected chi connectivity index (χ2v) is 11.8. The standard InChI is InChI=1S/C23H22ClF2N3O4S/c1-34(32,33)14-4-12(8-27-9-14)23(31)29-10-13-5-15(13)21(29)22(30)28-20(11-2-3-11)16-6-19(26)17(24)7-18(16)25/h4,6-9,11,13,15,20-21H,2-3,5,10H2,1H3,(H,28,30)/t13-,15-,20-,21?/m1/s1. The number of rotatable bonds is 6. The first-order valence-corrected chi connectivity index (χ1v) is 13.2. The summed E-state index contributed by atoms with van der Waals surface area (Å²) in [6.07, 6.45) is 5.78. The van der Waals surface area contributed by atoms with Gasteiger partial charge in [0.15, 0.2) is 9.84 Å². The minimum Gasteiger partial charge on any atom is -0.347 e. The van der Waals surface area contributed by atoms with Crippen molar-refractivity contribution in [2.24, 2.45) is 17.8 Å². The number of likely N-dealkylation sites (tertiary alicyclic amines) is 1. The minimum absolute atomic E-state index is 0.0262. The zero-order chi connectivity index (χ0) is 24.4.